The number of hydrogen-bond acceptors (Lipinski definition) is 4. The molecule has 264 valence electrons. The Labute approximate surface area is 318 Å². The molecule has 8 rings (SSSR count). The third-order valence-electron chi connectivity index (χ3n) is 10.3. The molecule has 0 atom stereocenters. The summed E-state index contributed by atoms with van der Waals surface area (Å²) in [4.78, 5) is 19.3. The molecule has 0 bridgehead atoms. The Morgan fingerprint density at radius 1 is 0.315 bits per heavy atom. The number of rotatable bonds is 6. The average molecular weight is 701 g/mol. The second-order valence-corrected chi connectivity index (χ2v) is 16.1. The first kappa shape index (κ1) is 34.8. The Bertz CT molecular complexity index is 2360. The van der Waals surface area contributed by atoms with Crippen molar-refractivity contribution >= 4 is 11.0 Å². The van der Waals surface area contributed by atoms with Gasteiger partial charge in [-0.25, -0.2) is 9.97 Å². The Morgan fingerprint density at radius 3 is 0.907 bits per heavy atom. The van der Waals surface area contributed by atoms with E-state index in [0.717, 1.165) is 78.1 Å². The van der Waals surface area contributed by atoms with Gasteiger partial charge in [0.05, 0.1) is 22.4 Å². The molecule has 0 amide bonds. The Morgan fingerprint density at radius 2 is 0.593 bits per heavy atom. The first-order chi connectivity index (χ1) is 26.0. The van der Waals surface area contributed by atoms with Gasteiger partial charge >= 0.3 is 0 Å². The number of nitrogens with zero attached hydrogens (tertiary/aromatic N) is 4. The minimum Gasteiger partial charge on any atom is -0.265 e. The second-order valence-electron chi connectivity index (χ2n) is 16.1. The van der Waals surface area contributed by atoms with Crippen LogP contribution >= 0.6 is 0 Å². The molecule has 0 spiro atoms. The van der Waals surface area contributed by atoms with Gasteiger partial charge in [-0.15, -0.1) is 0 Å². The molecule has 0 fully saturated rings. The van der Waals surface area contributed by atoms with E-state index >= 15 is 0 Å². The van der Waals surface area contributed by atoms with Gasteiger partial charge < -0.3 is 0 Å². The van der Waals surface area contributed by atoms with Crippen molar-refractivity contribution in [1.82, 2.24) is 19.9 Å². The smallest absolute Gasteiger partial charge is 0.0973 e. The van der Waals surface area contributed by atoms with E-state index in [1.54, 1.807) is 0 Å². The summed E-state index contributed by atoms with van der Waals surface area (Å²) in [6.07, 6.45) is 7.31. The lowest BCUT2D eigenvalue weighted by molar-refractivity contribution is 0.590. The summed E-state index contributed by atoms with van der Waals surface area (Å²) in [7, 11) is 0. The number of benzene rings is 5. The predicted octanol–water partition coefficient (Wildman–Crippen LogP) is 13.0. The third-order valence-corrected chi connectivity index (χ3v) is 10.3. The van der Waals surface area contributed by atoms with E-state index < -0.39 is 0 Å². The van der Waals surface area contributed by atoms with Crippen molar-refractivity contribution in [2.75, 3.05) is 0 Å². The van der Waals surface area contributed by atoms with Gasteiger partial charge in [0.25, 0.3) is 0 Å². The van der Waals surface area contributed by atoms with Crippen LogP contribution in [-0.2, 0) is 10.8 Å². The SMILES string of the molecule is CC(C)(C)c1ccc(-c2cc3nc(-c4ccc(-c5ccncc5)cc4)c(-c4ccc(-c5ccncc5)cc4)nc3cc2-c2ccc(C(C)(C)C)cc2)cc1. The van der Waals surface area contributed by atoms with Crippen molar-refractivity contribution in [3.63, 3.8) is 0 Å². The van der Waals surface area contributed by atoms with Gasteiger partial charge in [0, 0.05) is 35.9 Å². The van der Waals surface area contributed by atoms with Crippen LogP contribution in [0.4, 0.5) is 0 Å². The van der Waals surface area contributed by atoms with Crippen molar-refractivity contribution in [1.29, 1.82) is 0 Å². The molecule has 8 aromatic rings. The highest BCUT2D eigenvalue weighted by atomic mass is 14.8. The molecule has 0 aliphatic heterocycles. The minimum absolute atomic E-state index is 0.0633. The van der Waals surface area contributed by atoms with Crippen molar-refractivity contribution in [3.8, 4) is 67.0 Å². The molecule has 0 radical (unpaired) electrons. The molecule has 3 aromatic heterocycles. The molecule has 0 aliphatic rings. The maximum atomic E-state index is 5.45. The molecular weight excluding hydrogens is 657 g/mol. The maximum Gasteiger partial charge on any atom is 0.0973 e. The summed E-state index contributed by atoms with van der Waals surface area (Å²) < 4.78 is 0. The molecule has 3 heterocycles. The zero-order valence-corrected chi connectivity index (χ0v) is 31.8. The van der Waals surface area contributed by atoms with Gasteiger partial charge in [-0.1, -0.05) is 139 Å². The van der Waals surface area contributed by atoms with Crippen molar-refractivity contribution in [2.45, 2.75) is 52.4 Å². The fourth-order valence-corrected chi connectivity index (χ4v) is 7.01. The summed E-state index contributed by atoms with van der Waals surface area (Å²) >= 11 is 0. The normalized spacial score (nSPS) is 11.9. The van der Waals surface area contributed by atoms with Gasteiger partial charge in [-0.3, -0.25) is 9.97 Å². The van der Waals surface area contributed by atoms with Crippen LogP contribution in [0.15, 0.2) is 158 Å². The number of fused-ring (bicyclic) bond motifs is 1. The summed E-state index contributed by atoms with van der Waals surface area (Å²) in [5, 5.41) is 0. The summed E-state index contributed by atoms with van der Waals surface area (Å²) in [6, 6.07) is 47.8. The van der Waals surface area contributed by atoms with Crippen LogP contribution < -0.4 is 0 Å². The summed E-state index contributed by atoms with van der Waals surface area (Å²) in [6.45, 7) is 13.5. The monoisotopic (exact) mass is 700 g/mol. The highest BCUT2D eigenvalue weighted by Gasteiger charge is 2.20. The molecule has 54 heavy (non-hydrogen) atoms. The van der Waals surface area contributed by atoms with Crippen molar-refractivity contribution in [3.05, 3.63) is 169 Å². The van der Waals surface area contributed by atoms with Gasteiger partial charge in [0.15, 0.2) is 0 Å². The van der Waals surface area contributed by atoms with Crippen LogP contribution in [0.25, 0.3) is 78.1 Å². The number of hydrogen-bond donors (Lipinski definition) is 0. The topological polar surface area (TPSA) is 51.6 Å². The highest BCUT2D eigenvalue weighted by Crippen LogP contribution is 2.40. The second kappa shape index (κ2) is 13.9. The lowest BCUT2D eigenvalue weighted by atomic mass is 9.84. The molecule has 5 aromatic carbocycles. The van der Waals surface area contributed by atoms with E-state index in [9.17, 15) is 0 Å². The van der Waals surface area contributed by atoms with E-state index in [4.69, 9.17) is 9.97 Å². The van der Waals surface area contributed by atoms with Gasteiger partial charge in [0.2, 0.25) is 0 Å². The van der Waals surface area contributed by atoms with E-state index in [2.05, 4.69) is 161 Å². The lowest BCUT2D eigenvalue weighted by Crippen LogP contribution is -2.10. The molecule has 4 heteroatoms. The highest BCUT2D eigenvalue weighted by molar-refractivity contribution is 5.96. The molecule has 0 unspecified atom stereocenters. The van der Waals surface area contributed by atoms with Crippen LogP contribution in [0.3, 0.4) is 0 Å². The zero-order valence-electron chi connectivity index (χ0n) is 31.8. The quantitative estimate of drug-likeness (QED) is 0.173. The Balaban J connectivity index is 1.33. The first-order valence-electron chi connectivity index (χ1n) is 18.6. The predicted molar refractivity (Wildman–Crippen MR) is 225 cm³/mol. The van der Waals surface area contributed by atoms with Crippen LogP contribution in [-0.4, -0.2) is 19.9 Å². The minimum atomic E-state index is 0.0633. The van der Waals surface area contributed by atoms with E-state index in [1.807, 2.05) is 49.1 Å². The summed E-state index contributed by atoms with van der Waals surface area (Å²) in [5.41, 5.74) is 17.2. The van der Waals surface area contributed by atoms with Gasteiger partial charge in [-0.2, -0.15) is 0 Å². The van der Waals surface area contributed by atoms with Crippen LogP contribution in [0, 0.1) is 0 Å². The van der Waals surface area contributed by atoms with Gasteiger partial charge in [-0.05, 0) is 103 Å². The molecule has 0 N–H and O–H groups in total. The molecule has 0 saturated heterocycles. The average Bonchev–Trinajstić information content (AvgIpc) is 3.20. The fraction of sp³-hybridized carbons (Fsp3) is 0.160. The van der Waals surface area contributed by atoms with Crippen LogP contribution in [0.2, 0.25) is 0 Å². The molecular formula is C50H44N4. The fourth-order valence-electron chi connectivity index (χ4n) is 7.01. The van der Waals surface area contributed by atoms with Crippen molar-refractivity contribution in [2.24, 2.45) is 0 Å². The van der Waals surface area contributed by atoms with Crippen LogP contribution in [0.5, 0.6) is 0 Å². The largest absolute Gasteiger partial charge is 0.265 e. The Hall–Kier alpha value is -6.26. The maximum absolute atomic E-state index is 5.45. The lowest BCUT2D eigenvalue weighted by Gasteiger charge is -2.21. The van der Waals surface area contributed by atoms with E-state index in [-0.39, 0.29) is 10.8 Å². The van der Waals surface area contributed by atoms with Gasteiger partial charge in [0.1, 0.15) is 0 Å². The van der Waals surface area contributed by atoms with E-state index in [0.29, 0.717) is 0 Å². The standard InChI is InChI=1S/C50H44N4/c1-49(2,3)41-19-15-37(16-20-41)43-31-45-46(32-44(43)38-17-21-42(22-18-38)50(4,5)6)54-48(40-13-9-34(10-14-40)36-25-29-52-30-26-36)47(53-45)39-11-7-33(8-12-39)35-23-27-51-28-24-35/h7-32H,1-6H3. The molecule has 0 aliphatic carbocycles. The van der Waals surface area contributed by atoms with E-state index in [1.165, 1.54) is 11.1 Å². The molecule has 0 saturated carbocycles. The number of aromatic nitrogens is 4. The van der Waals surface area contributed by atoms with Crippen molar-refractivity contribution < 1.29 is 0 Å². The van der Waals surface area contributed by atoms with Crippen LogP contribution in [0.1, 0.15) is 52.7 Å². The third kappa shape index (κ3) is 7.08. The Kier molecular flexibility index (Phi) is 8.99. The summed E-state index contributed by atoms with van der Waals surface area (Å²) in [5.74, 6) is 0. The molecule has 4 nitrogen and oxygen atoms in total. The zero-order chi connectivity index (χ0) is 37.5. The first-order valence-corrected chi connectivity index (χ1v) is 18.6. The number of pyridine rings is 2.